The minimum absolute atomic E-state index is 0.296. The maximum Gasteiger partial charge on any atom is 0.146 e. The largest absolute Gasteiger partial charge is 0.380 e. The second kappa shape index (κ2) is 5.39. The van der Waals surface area contributed by atoms with Crippen LogP contribution in [0.2, 0.25) is 0 Å². The molecule has 0 saturated carbocycles. The molecule has 0 radical (unpaired) electrons. The second-order valence-electron chi connectivity index (χ2n) is 4.23. The van der Waals surface area contributed by atoms with E-state index in [0.717, 1.165) is 12.0 Å². The average molecular weight is 228 g/mol. The smallest absolute Gasteiger partial charge is 0.146 e. The maximum atomic E-state index is 12.6. The van der Waals surface area contributed by atoms with Crippen molar-refractivity contribution in [3.05, 3.63) is 35.4 Å². The van der Waals surface area contributed by atoms with Crippen molar-refractivity contribution in [3.63, 3.8) is 0 Å². The molecule has 1 N–H and O–H groups in total. The molecule has 0 saturated heterocycles. The molecule has 1 aromatic carbocycles. The van der Waals surface area contributed by atoms with Crippen LogP contribution in [0, 0.1) is 0 Å². The first kappa shape index (κ1) is 13.1. The van der Waals surface area contributed by atoms with E-state index in [2.05, 4.69) is 13.8 Å². The van der Waals surface area contributed by atoms with Crippen molar-refractivity contribution in [2.75, 3.05) is 13.3 Å². The van der Waals surface area contributed by atoms with Gasteiger partial charge in [0.1, 0.15) is 19.0 Å². The zero-order valence-electron chi connectivity index (χ0n) is 9.71. The Labute approximate surface area is 95.1 Å². The van der Waals surface area contributed by atoms with Crippen molar-refractivity contribution in [3.8, 4) is 0 Å². The molecule has 0 bridgehead atoms. The molecule has 1 aromatic rings. The van der Waals surface area contributed by atoms with Crippen LogP contribution in [0.1, 0.15) is 37.3 Å². The average Bonchev–Trinajstić information content (AvgIpc) is 2.37. The van der Waals surface area contributed by atoms with E-state index < -0.39 is 19.0 Å². The first-order valence-electron chi connectivity index (χ1n) is 5.52. The Morgan fingerprint density at radius 2 is 1.69 bits per heavy atom. The number of aliphatic hydroxyl groups is 1. The van der Waals surface area contributed by atoms with Crippen LogP contribution in [0.3, 0.4) is 0 Å². The summed E-state index contributed by atoms with van der Waals surface area (Å²) in [7, 11) is 0. The molecule has 1 nitrogen and oxygen atoms in total. The summed E-state index contributed by atoms with van der Waals surface area (Å²) < 4.78 is 25.1. The summed E-state index contributed by atoms with van der Waals surface area (Å²) in [6, 6.07) is 6.83. The molecular weight excluding hydrogens is 210 g/mol. The number of hydrogen-bond acceptors (Lipinski definition) is 1. The molecule has 1 rings (SSSR count). The van der Waals surface area contributed by atoms with E-state index in [4.69, 9.17) is 0 Å². The van der Waals surface area contributed by atoms with Gasteiger partial charge in [0.2, 0.25) is 0 Å². The lowest BCUT2D eigenvalue weighted by Crippen LogP contribution is -2.30. The van der Waals surface area contributed by atoms with E-state index in [9.17, 15) is 13.9 Å². The highest BCUT2D eigenvalue weighted by atomic mass is 19.1. The Kier molecular flexibility index (Phi) is 4.42. The van der Waals surface area contributed by atoms with Crippen LogP contribution in [-0.2, 0) is 5.60 Å². The van der Waals surface area contributed by atoms with Gasteiger partial charge >= 0.3 is 0 Å². The first-order valence-corrected chi connectivity index (χ1v) is 5.52. The number of alkyl halides is 2. The molecule has 0 amide bonds. The third-order valence-electron chi connectivity index (χ3n) is 3.07. The lowest BCUT2D eigenvalue weighted by molar-refractivity contribution is -0.0111. The van der Waals surface area contributed by atoms with E-state index in [1.807, 2.05) is 12.1 Å². The predicted molar refractivity (Wildman–Crippen MR) is 61.0 cm³/mol. The quantitative estimate of drug-likeness (QED) is 0.819. The lowest BCUT2D eigenvalue weighted by Gasteiger charge is -2.22. The molecule has 0 heterocycles. The van der Waals surface area contributed by atoms with Crippen LogP contribution >= 0.6 is 0 Å². The van der Waals surface area contributed by atoms with E-state index in [0.29, 0.717) is 11.5 Å². The van der Waals surface area contributed by atoms with Crippen molar-refractivity contribution in [2.45, 2.75) is 31.8 Å². The summed E-state index contributed by atoms with van der Waals surface area (Å²) in [5.41, 5.74) is -0.565. The van der Waals surface area contributed by atoms with Gasteiger partial charge in [-0.25, -0.2) is 8.78 Å². The van der Waals surface area contributed by atoms with Crippen molar-refractivity contribution < 1.29 is 13.9 Å². The molecule has 16 heavy (non-hydrogen) atoms. The van der Waals surface area contributed by atoms with Gasteiger partial charge in [-0.15, -0.1) is 0 Å². The van der Waals surface area contributed by atoms with Crippen molar-refractivity contribution in [2.24, 2.45) is 0 Å². The molecule has 0 aromatic heterocycles. The molecule has 1 unspecified atom stereocenters. The SMILES string of the molecule is CCC(C)c1ccc(C(O)(CF)CF)cc1. The standard InChI is InChI=1S/C13H18F2O/c1-3-10(2)11-4-6-12(7-5-11)13(16,8-14)9-15/h4-7,10,16H,3,8-9H2,1-2H3. The Balaban J connectivity index is 2.94. The third-order valence-corrected chi connectivity index (χ3v) is 3.07. The number of hydrogen-bond donors (Lipinski definition) is 1. The fourth-order valence-electron chi connectivity index (χ4n) is 1.55. The number of rotatable bonds is 5. The number of halogens is 2. The zero-order valence-corrected chi connectivity index (χ0v) is 9.71. The van der Waals surface area contributed by atoms with Gasteiger partial charge in [-0.3, -0.25) is 0 Å². The van der Waals surface area contributed by atoms with Crippen LogP contribution in [0.15, 0.2) is 24.3 Å². The zero-order chi connectivity index (χ0) is 12.2. The summed E-state index contributed by atoms with van der Waals surface area (Å²) in [5.74, 6) is 0.415. The highest BCUT2D eigenvalue weighted by molar-refractivity contribution is 5.29. The molecular formula is C13H18F2O. The molecule has 0 aliphatic carbocycles. The highest BCUT2D eigenvalue weighted by Crippen LogP contribution is 2.25. The van der Waals surface area contributed by atoms with Crippen LogP contribution in [0.25, 0.3) is 0 Å². The minimum Gasteiger partial charge on any atom is -0.380 e. The summed E-state index contributed by atoms with van der Waals surface area (Å²) in [5, 5.41) is 9.64. The molecule has 0 spiro atoms. The summed E-state index contributed by atoms with van der Waals surface area (Å²) in [6.45, 7) is 1.96. The van der Waals surface area contributed by atoms with Gasteiger partial charge in [0, 0.05) is 0 Å². The number of benzene rings is 1. The molecule has 3 heteroatoms. The Morgan fingerprint density at radius 1 is 1.19 bits per heavy atom. The van der Waals surface area contributed by atoms with Gasteiger partial charge in [0.25, 0.3) is 0 Å². The van der Waals surface area contributed by atoms with E-state index in [1.165, 1.54) is 0 Å². The van der Waals surface area contributed by atoms with Crippen LogP contribution in [0.4, 0.5) is 8.78 Å². The van der Waals surface area contributed by atoms with Gasteiger partial charge < -0.3 is 5.11 Å². The summed E-state index contributed by atoms with van der Waals surface area (Å²) in [6.07, 6.45) is 1.01. The van der Waals surface area contributed by atoms with Crippen molar-refractivity contribution in [1.82, 2.24) is 0 Å². The molecule has 0 aliphatic heterocycles. The monoisotopic (exact) mass is 228 g/mol. The van der Waals surface area contributed by atoms with E-state index in [-0.39, 0.29) is 0 Å². The van der Waals surface area contributed by atoms with Gasteiger partial charge in [-0.2, -0.15) is 0 Å². The molecule has 1 atom stereocenters. The summed E-state index contributed by atoms with van der Waals surface area (Å²) in [4.78, 5) is 0. The normalized spacial score (nSPS) is 13.8. The topological polar surface area (TPSA) is 20.2 Å². The Hall–Kier alpha value is -0.960. The van der Waals surface area contributed by atoms with Crippen LogP contribution < -0.4 is 0 Å². The fraction of sp³-hybridized carbons (Fsp3) is 0.538. The Bertz CT molecular complexity index is 317. The molecule has 90 valence electrons. The molecule has 0 fully saturated rings. The maximum absolute atomic E-state index is 12.6. The lowest BCUT2D eigenvalue weighted by atomic mass is 9.92. The van der Waals surface area contributed by atoms with E-state index >= 15 is 0 Å². The van der Waals surface area contributed by atoms with Gasteiger partial charge in [-0.05, 0) is 23.5 Å². The van der Waals surface area contributed by atoms with Crippen LogP contribution in [-0.4, -0.2) is 18.5 Å². The minimum atomic E-state index is -1.98. The van der Waals surface area contributed by atoms with Gasteiger partial charge in [-0.1, -0.05) is 38.1 Å². The first-order chi connectivity index (χ1) is 7.57. The Morgan fingerprint density at radius 3 is 2.06 bits per heavy atom. The fourth-order valence-corrected chi connectivity index (χ4v) is 1.55. The second-order valence-corrected chi connectivity index (χ2v) is 4.23. The third kappa shape index (κ3) is 2.59. The van der Waals surface area contributed by atoms with Crippen LogP contribution in [0.5, 0.6) is 0 Å². The summed E-state index contributed by atoms with van der Waals surface area (Å²) >= 11 is 0. The van der Waals surface area contributed by atoms with Crippen molar-refractivity contribution in [1.29, 1.82) is 0 Å². The van der Waals surface area contributed by atoms with Crippen molar-refractivity contribution >= 4 is 0 Å². The van der Waals surface area contributed by atoms with Gasteiger partial charge in [0.05, 0.1) is 0 Å². The molecule has 0 aliphatic rings. The van der Waals surface area contributed by atoms with Gasteiger partial charge in [0.15, 0.2) is 0 Å². The van der Waals surface area contributed by atoms with E-state index in [1.54, 1.807) is 12.1 Å². The highest BCUT2D eigenvalue weighted by Gasteiger charge is 2.29. The predicted octanol–water partition coefficient (Wildman–Crippen LogP) is 3.33.